The molecule has 1 atom stereocenters. The molecule has 3 rings (SSSR count). The highest BCUT2D eigenvalue weighted by molar-refractivity contribution is 5.98. The average Bonchev–Trinajstić information content (AvgIpc) is 2.61. The molecule has 0 saturated carbocycles. The lowest BCUT2D eigenvalue weighted by atomic mass is 9.77. The molecule has 0 fully saturated rings. The number of methoxy groups -OCH3 is 1. The minimum Gasteiger partial charge on any atom is -0.467 e. The first-order valence-corrected chi connectivity index (χ1v) is 7.67. The van der Waals surface area contributed by atoms with E-state index in [9.17, 15) is 9.59 Å². The second kappa shape index (κ2) is 6.24. The first-order valence-electron chi connectivity index (χ1n) is 7.67. The van der Waals surface area contributed by atoms with Crippen LogP contribution in [0.15, 0.2) is 54.6 Å². The summed E-state index contributed by atoms with van der Waals surface area (Å²) < 4.78 is 4.99. The van der Waals surface area contributed by atoms with Gasteiger partial charge in [0.2, 0.25) is 0 Å². The van der Waals surface area contributed by atoms with Crippen LogP contribution in [0.1, 0.15) is 27.9 Å². The number of nitrogens with one attached hydrogen (secondary N) is 1. The third-order valence-electron chi connectivity index (χ3n) is 4.40. The lowest BCUT2D eigenvalue weighted by molar-refractivity contribution is -0.148. The van der Waals surface area contributed by atoms with Gasteiger partial charge in [0.25, 0.3) is 5.91 Å². The van der Waals surface area contributed by atoms with Crippen LogP contribution in [-0.4, -0.2) is 24.5 Å². The van der Waals surface area contributed by atoms with Crippen LogP contribution in [-0.2, 0) is 22.4 Å². The summed E-state index contributed by atoms with van der Waals surface area (Å²) in [5, 5.41) is 2.93. The molecule has 4 heteroatoms. The van der Waals surface area contributed by atoms with E-state index in [2.05, 4.69) is 11.4 Å². The molecule has 23 heavy (non-hydrogen) atoms. The molecule has 0 spiro atoms. The van der Waals surface area contributed by atoms with Crippen molar-refractivity contribution in [2.24, 2.45) is 0 Å². The van der Waals surface area contributed by atoms with E-state index in [1.54, 1.807) is 24.3 Å². The Hall–Kier alpha value is -2.62. The van der Waals surface area contributed by atoms with Gasteiger partial charge in [-0.2, -0.15) is 0 Å². The molecular weight excluding hydrogens is 290 g/mol. The van der Waals surface area contributed by atoms with Crippen LogP contribution >= 0.6 is 0 Å². The van der Waals surface area contributed by atoms with E-state index in [0.717, 1.165) is 12.0 Å². The summed E-state index contributed by atoms with van der Waals surface area (Å²) in [5.41, 5.74) is 1.84. The molecular formula is C19H19NO3. The lowest BCUT2D eigenvalue weighted by Crippen LogP contribution is -2.58. The van der Waals surface area contributed by atoms with Crippen molar-refractivity contribution in [2.75, 3.05) is 7.11 Å². The fourth-order valence-corrected chi connectivity index (χ4v) is 3.14. The third-order valence-corrected chi connectivity index (χ3v) is 4.40. The van der Waals surface area contributed by atoms with Gasteiger partial charge in [-0.15, -0.1) is 0 Å². The molecule has 0 aliphatic heterocycles. The summed E-state index contributed by atoms with van der Waals surface area (Å²) in [6.45, 7) is 0. The van der Waals surface area contributed by atoms with Gasteiger partial charge in [-0.1, -0.05) is 42.5 Å². The van der Waals surface area contributed by atoms with Crippen molar-refractivity contribution in [3.8, 4) is 0 Å². The molecule has 1 aliphatic carbocycles. The van der Waals surface area contributed by atoms with Gasteiger partial charge in [0.15, 0.2) is 0 Å². The predicted molar refractivity (Wildman–Crippen MR) is 87.1 cm³/mol. The number of hydrogen-bond donors (Lipinski definition) is 1. The quantitative estimate of drug-likeness (QED) is 0.886. The molecule has 1 aliphatic rings. The maximum atomic E-state index is 12.5. The molecule has 1 N–H and O–H groups in total. The van der Waals surface area contributed by atoms with E-state index in [1.807, 2.05) is 24.3 Å². The maximum Gasteiger partial charge on any atom is 0.331 e. The molecule has 0 aromatic heterocycles. The van der Waals surface area contributed by atoms with Gasteiger partial charge >= 0.3 is 5.97 Å². The van der Waals surface area contributed by atoms with Gasteiger partial charge < -0.3 is 10.1 Å². The van der Waals surface area contributed by atoms with Gasteiger partial charge in [0, 0.05) is 12.0 Å². The summed E-state index contributed by atoms with van der Waals surface area (Å²) in [6.07, 6.45) is 1.73. The van der Waals surface area contributed by atoms with E-state index in [4.69, 9.17) is 4.74 Å². The number of carbonyl (C=O) groups is 2. The van der Waals surface area contributed by atoms with Gasteiger partial charge in [0.05, 0.1) is 7.11 Å². The molecule has 1 unspecified atom stereocenters. The van der Waals surface area contributed by atoms with Crippen molar-refractivity contribution in [3.05, 3.63) is 71.3 Å². The van der Waals surface area contributed by atoms with Crippen LogP contribution in [0.3, 0.4) is 0 Å². The molecule has 2 aromatic carbocycles. The maximum absolute atomic E-state index is 12.5. The standard InChI is InChI=1S/C19H19NO3/c1-23-18(22)19(20-17(21)15-8-3-2-4-9-15)12-11-14-7-5-6-10-16(14)13-19/h2-10H,11-13H2,1H3,(H,20,21). The van der Waals surface area contributed by atoms with Crippen molar-refractivity contribution in [2.45, 2.75) is 24.8 Å². The van der Waals surface area contributed by atoms with Crippen LogP contribution in [0.2, 0.25) is 0 Å². The second-order valence-electron chi connectivity index (χ2n) is 5.84. The largest absolute Gasteiger partial charge is 0.467 e. The van der Waals surface area contributed by atoms with E-state index >= 15 is 0 Å². The number of esters is 1. The van der Waals surface area contributed by atoms with E-state index in [-0.39, 0.29) is 5.91 Å². The third kappa shape index (κ3) is 2.97. The van der Waals surface area contributed by atoms with Crippen LogP contribution in [0, 0.1) is 0 Å². The normalized spacial score (nSPS) is 19.5. The molecule has 2 aromatic rings. The first kappa shape index (κ1) is 15.3. The molecule has 1 amide bonds. The van der Waals surface area contributed by atoms with Crippen molar-refractivity contribution >= 4 is 11.9 Å². The minimum atomic E-state index is -1.00. The average molecular weight is 309 g/mol. The minimum absolute atomic E-state index is 0.254. The molecule has 0 radical (unpaired) electrons. The summed E-state index contributed by atoms with van der Waals surface area (Å²) in [5.74, 6) is -0.647. The molecule has 0 saturated heterocycles. The lowest BCUT2D eigenvalue weighted by Gasteiger charge is -2.36. The highest BCUT2D eigenvalue weighted by Crippen LogP contribution is 2.30. The highest BCUT2D eigenvalue weighted by atomic mass is 16.5. The van der Waals surface area contributed by atoms with Crippen molar-refractivity contribution in [1.82, 2.24) is 5.32 Å². The van der Waals surface area contributed by atoms with Crippen LogP contribution in [0.5, 0.6) is 0 Å². The Labute approximate surface area is 135 Å². The predicted octanol–water partition coefficient (Wildman–Crippen LogP) is 2.52. The Morgan fingerprint density at radius 2 is 1.65 bits per heavy atom. The van der Waals surface area contributed by atoms with Crippen LogP contribution in [0.25, 0.3) is 0 Å². The molecule has 0 heterocycles. The van der Waals surface area contributed by atoms with Gasteiger partial charge in [-0.3, -0.25) is 4.79 Å². The fraction of sp³-hybridized carbons (Fsp3) is 0.263. The number of ether oxygens (including phenoxy) is 1. The van der Waals surface area contributed by atoms with Crippen molar-refractivity contribution in [3.63, 3.8) is 0 Å². The van der Waals surface area contributed by atoms with Crippen LogP contribution in [0.4, 0.5) is 0 Å². The first-order chi connectivity index (χ1) is 11.1. The van der Waals surface area contributed by atoms with E-state index < -0.39 is 11.5 Å². The van der Waals surface area contributed by atoms with Crippen LogP contribution < -0.4 is 5.32 Å². The SMILES string of the molecule is COC(=O)C1(NC(=O)c2ccccc2)CCc2ccccc2C1. The molecule has 118 valence electrons. The molecule has 0 bridgehead atoms. The van der Waals surface area contributed by atoms with E-state index in [0.29, 0.717) is 18.4 Å². The topological polar surface area (TPSA) is 55.4 Å². The van der Waals surface area contributed by atoms with Gasteiger partial charge in [0.1, 0.15) is 5.54 Å². The fourth-order valence-electron chi connectivity index (χ4n) is 3.14. The Balaban J connectivity index is 1.90. The summed E-state index contributed by atoms with van der Waals surface area (Å²) in [6, 6.07) is 16.9. The highest BCUT2D eigenvalue weighted by Gasteiger charge is 2.43. The number of carbonyl (C=O) groups excluding carboxylic acids is 2. The second-order valence-corrected chi connectivity index (χ2v) is 5.84. The van der Waals surface area contributed by atoms with E-state index in [1.165, 1.54) is 12.7 Å². The van der Waals surface area contributed by atoms with Gasteiger partial charge in [-0.25, -0.2) is 4.79 Å². The van der Waals surface area contributed by atoms with Crippen molar-refractivity contribution in [1.29, 1.82) is 0 Å². The van der Waals surface area contributed by atoms with Crippen molar-refractivity contribution < 1.29 is 14.3 Å². The van der Waals surface area contributed by atoms with Gasteiger partial charge in [-0.05, 0) is 36.1 Å². The number of fused-ring (bicyclic) bond motifs is 1. The summed E-state index contributed by atoms with van der Waals surface area (Å²) in [7, 11) is 1.36. The Bertz CT molecular complexity index is 726. The zero-order valence-electron chi connectivity index (χ0n) is 13.0. The number of aryl methyl sites for hydroxylation is 1. The summed E-state index contributed by atoms with van der Waals surface area (Å²) >= 11 is 0. The Kier molecular flexibility index (Phi) is 4.15. The Morgan fingerprint density at radius 3 is 2.35 bits per heavy atom. The molecule has 4 nitrogen and oxygen atoms in total. The number of benzene rings is 2. The number of rotatable bonds is 3. The zero-order chi connectivity index (χ0) is 16.3. The Morgan fingerprint density at radius 1 is 1.00 bits per heavy atom. The summed E-state index contributed by atoms with van der Waals surface area (Å²) in [4.78, 5) is 25.0. The number of amides is 1. The zero-order valence-corrected chi connectivity index (χ0v) is 13.0. The monoisotopic (exact) mass is 309 g/mol. The smallest absolute Gasteiger partial charge is 0.331 e. The number of hydrogen-bond acceptors (Lipinski definition) is 3.